The maximum atomic E-state index is 3.47. The summed E-state index contributed by atoms with van der Waals surface area (Å²) in [4.78, 5) is 2.71. The van der Waals surface area contributed by atoms with Crippen molar-refractivity contribution in [2.24, 2.45) is 5.92 Å². The number of nitrogens with one attached hydrogen (secondary N) is 1. The van der Waals surface area contributed by atoms with Crippen molar-refractivity contribution in [1.29, 1.82) is 0 Å². The highest BCUT2D eigenvalue weighted by molar-refractivity contribution is 4.74. The number of piperidine rings is 1. The van der Waals surface area contributed by atoms with E-state index in [9.17, 15) is 0 Å². The molecule has 1 heterocycles. The third-order valence-corrected chi connectivity index (χ3v) is 4.23. The predicted molar refractivity (Wildman–Crippen MR) is 81.1 cm³/mol. The zero-order valence-corrected chi connectivity index (χ0v) is 12.9. The van der Waals surface area contributed by atoms with Crippen molar-refractivity contribution in [3.8, 4) is 0 Å². The monoisotopic (exact) mass is 254 g/mol. The zero-order chi connectivity index (χ0) is 13.2. The van der Waals surface area contributed by atoms with Crippen molar-refractivity contribution >= 4 is 0 Å². The van der Waals surface area contributed by atoms with Gasteiger partial charge in [0.2, 0.25) is 0 Å². The first-order valence-electron chi connectivity index (χ1n) is 8.18. The Morgan fingerprint density at radius 1 is 1.06 bits per heavy atom. The van der Waals surface area contributed by atoms with Crippen LogP contribution in [-0.4, -0.2) is 37.1 Å². The van der Waals surface area contributed by atoms with E-state index in [0.717, 1.165) is 5.92 Å². The minimum absolute atomic E-state index is 0.714. The Balaban J connectivity index is 2.17. The normalized spacial score (nSPS) is 17.8. The standard InChI is InChI=1S/C16H34N2/c1-4-5-6-7-8-13-18(15(2)3)14-16-9-11-17-12-10-16/h15-17H,4-14H2,1-3H3. The molecule has 0 atom stereocenters. The molecular weight excluding hydrogens is 220 g/mol. The molecule has 1 saturated heterocycles. The van der Waals surface area contributed by atoms with Gasteiger partial charge in [0.05, 0.1) is 0 Å². The van der Waals surface area contributed by atoms with Gasteiger partial charge in [0.1, 0.15) is 0 Å². The predicted octanol–water partition coefficient (Wildman–Crippen LogP) is 3.67. The van der Waals surface area contributed by atoms with Crippen LogP contribution in [0.1, 0.15) is 65.7 Å². The molecular formula is C16H34N2. The van der Waals surface area contributed by atoms with E-state index >= 15 is 0 Å². The van der Waals surface area contributed by atoms with E-state index in [2.05, 4.69) is 31.0 Å². The van der Waals surface area contributed by atoms with Crippen LogP contribution in [0.5, 0.6) is 0 Å². The highest BCUT2D eigenvalue weighted by Gasteiger charge is 2.18. The largest absolute Gasteiger partial charge is 0.317 e. The number of hydrogen-bond acceptors (Lipinski definition) is 2. The molecule has 0 amide bonds. The summed E-state index contributed by atoms with van der Waals surface area (Å²) in [6.45, 7) is 12.1. The Morgan fingerprint density at radius 3 is 2.33 bits per heavy atom. The molecule has 0 spiro atoms. The fourth-order valence-corrected chi connectivity index (χ4v) is 2.87. The van der Waals surface area contributed by atoms with Gasteiger partial charge in [-0.2, -0.15) is 0 Å². The topological polar surface area (TPSA) is 15.3 Å². The maximum absolute atomic E-state index is 3.47. The molecule has 1 aliphatic heterocycles. The van der Waals surface area contributed by atoms with Gasteiger partial charge in [-0.05, 0) is 58.7 Å². The molecule has 1 N–H and O–H groups in total. The molecule has 0 aliphatic carbocycles. The molecule has 0 aromatic carbocycles. The van der Waals surface area contributed by atoms with Crippen molar-refractivity contribution in [1.82, 2.24) is 10.2 Å². The number of unbranched alkanes of at least 4 members (excludes halogenated alkanes) is 4. The number of hydrogen-bond donors (Lipinski definition) is 1. The third kappa shape index (κ3) is 6.75. The molecule has 1 aliphatic rings. The molecule has 0 unspecified atom stereocenters. The average molecular weight is 254 g/mol. The van der Waals surface area contributed by atoms with Crippen LogP contribution in [0.15, 0.2) is 0 Å². The lowest BCUT2D eigenvalue weighted by Crippen LogP contribution is -2.39. The Kier molecular flexibility index (Phi) is 8.70. The van der Waals surface area contributed by atoms with Gasteiger partial charge in [-0.1, -0.05) is 32.6 Å². The van der Waals surface area contributed by atoms with Crippen LogP contribution in [0, 0.1) is 5.92 Å². The number of nitrogens with zero attached hydrogens (tertiary/aromatic N) is 1. The van der Waals surface area contributed by atoms with Crippen molar-refractivity contribution in [3.05, 3.63) is 0 Å². The van der Waals surface area contributed by atoms with Crippen molar-refractivity contribution in [2.45, 2.75) is 71.8 Å². The van der Waals surface area contributed by atoms with Crippen molar-refractivity contribution in [2.75, 3.05) is 26.2 Å². The fraction of sp³-hybridized carbons (Fsp3) is 1.00. The summed E-state index contributed by atoms with van der Waals surface area (Å²) in [7, 11) is 0. The van der Waals surface area contributed by atoms with Gasteiger partial charge < -0.3 is 10.2 Å². The van der Waals surface area contributed by atoms with Crippen molar-refractivity contribution in [3.63, 3.8) is 0 Å². The van der Waals surface area contributed by atoms with Gasteiger partial charge >= 0.3 is 0 Å². The summed E-state index contributed by atoms with van der Waals surface area (Å²) in [5, 5.41) is 3.47. The second-order valence-corrected chi connectivity index (χ2v) is 6.20. The van der Waals surface area contributed by atoms with Crippen LogP contribution in [0.3, 0.4) is 0 Å². The molecule has 2 nitrogen and oxygen atoms in total. The molecule has 2 heteroatoms. The van der Waals surface area contributed by atoms with Gasteiger partial charge in [0.25, 0.3) is 0 Å². The Hall–Kier alpha value is -0.0800. The van der Waals surface area contributed by atoms with Crippen LogP contribution in [0.25, 0.3) is 0 Å². The first kappa shape index (κ1) is 16.0. The van der Waals surface area contributed by atoms with Crippen LogP contribution in [-0.2, 0) is 0 Å². The minimum Gasteiger partial charge on any atom is -0.317 e. The van der Waals surface area contributed by atoms with Crippen LogP contribution >= 0.6 is 0 Å². The van der Waals surface area contributed by atoms with E-state index in [1.54, 1.807) is 0 Å². The highest BCUT2D eigenvalue weighted by Crippen LogP contribution is 2.16. The highest BCUT2D eigenvalue weighted by atomic mass is 15.1. The van der Waals surface area contributed by atoms with Crippen LogP contribution < -0.4 is 5.32 Å². The molecule has 1 fully saturated rings. The van der Waals surface area contributed by atoms with Crippen LogP contribution in [0.2, 0.25) is 0 Å². The quantitative estimate of drug-likeness (QED) is 0.632. The van der Waals surface area contributed by atoms with Gasteiger partial charge in [-0.25, -0.2) is 0 Å². The molecule has 0 radical (unpaired) electrons. The lowest BCUT2D eigenvalue weighted by molar-refractivity contribution is 0.166. The van der Waals surface area contributed by atoms with Crippen molar-refractivity contribution < 1.29 is 0 Å². The smallest absolute Gasteiger partial charge is 0.00387 e. The average Bonchev–Trinajstić information content (AvgIpc) is 2.38. The van der Waals surface area contributed by atoms with Gasteiger partial charge in [-0.15, -0.1) is 0 Å². The maximum Gasteiger partial charge on any atom is 0.00387 e. The molecule has 0 saturated carbocycles. The summed E-state index contributed by atoms with van der Waals surface area (Å²) < 4.78 is 0. The third-order valence-electron chi connectivity index (χ3n) is 4.23. The summed E-state index contributed by atoms with van der Waals surface area (Å²) in [5.41, 5.74) is 0. The summed E-state index contributed by atoms with van der Waals surface area (Å²) in [5.74, 6) is 0.935. The summed E-state index contributed by atoms with van der Waals surface area (Å²) >= 11 is 0. The second-order valence-electron chi connectivity index (χ2n) is 6.20. The Morgan fingerprint density at radius 2 is 1.72 bits per heavy atom. The summed E-state index contributed by atoms with van der Waals surface area (Å²) in [6, 6.07) is 0.714. The van der Waals surface area contributed by atoms with Gasteiger partial charge in [-0.3, -0.25) is 0 Å². The zero-order valence-electron chi connectivity index (χ0n) is 12.9. The first-order valence-corrected chi connectivity index (χ1v) is 8.18. The van der Waals surface area contributed by atoms with Gasteiger partial charge in [0, 0.05) is 12.6 Å². The lowest BCUT2D eigenvalue weighted by Gasteiger charge is -2.32. The van der Waals surface area contributed by atoms with E-state index in [4.69, 9.17) is 0 Å². The second kappa shape index (κ2) is 9.80. The van der Waals surface area contributed by atoms with Crippen LogP contribution in [0.4, 0.5) is 0 Å². The molecule has 0 aromatic heterocycles. The molecule has 0 aromatic rings. The van der Waals surface area contributed by atoms with E-state index in [0.29, 0.717) is 6.04 Å². The van der Waals surface area contributed by atoms with Gasteiger partial charge in [0.15, 0.2) is 0 Å². The molecule has 0 bridgehead atoms. The SMILES string of the molecule is CCCCCCCN(CC1CCNCC1)C(C)C. The molecule has 1 rings (SSSR count). The van der Waals surface area contributed by atoms with E-state index in [-0.39, 0.29) is 0 Å². The molecule has 18 heavy (non-hydrogen) atoms. The minimum atomic E-state index is 0.714. The summed E-state index contributed by atoms with van der Waals surface area (Å²) in [6.07, 6.45) is 9.75. The van der Waals surface area contributed by atoms with E-state index < -0.39 is 0 Å². The first-order chi connectivity index (χ1) is 8.74. The fourth-order valence-electron chi connectivity index (χ4n) is 2.87. The Labute approximate surface area is 115 Å². The van der Waals surface area contributed by atoms with E-state index in [1.807, 2.05) is 0 Å². The molecule has 108 valence electrons. The lowest BCUT2D eigenvalue weighted by atomic mass is 9.97. The van der Waals surface area contributed by atoms with E-state index in [1.165, 1.54) is 71.1 Å². The Bertz CT molecular complexity index is 186. The number of rotatable bonds is 9.